The molecule has 0 bridgehead atoms. The lowest BCUT2D eigenvalue weighted by Crippen LogP contribution is -2.50. The van der Waals surface area contributed by atoms with Gasteiger partial charge < -0.3 is 11.1 Å². The third-order valence-electron chi connectivity index (χ3n) is 3.93. The summed E-state index contributed by atoms with van der Waals surface area (Å²) in [6.45, 7) is 2.11. The molecule has 21 heavy (non-hydrogen) atoms. The first-order chi connectivity index (χ1) is 10.1. The van der Waals surface area contributed by atoms with Crippen molar-refractivity contribution >= 4 is 40.6 Å². The van der Waals surface area contributed by atoms with Gasteiger partial charge in [-0.15, -0.1) is 0 Å². The molecule has 1 aliphatic rings. The average Bonchev–Trinajstić information content (AvgIpc) is 2.49. The van der Waals surface area contributed by atoms with E-state index in [1.165, 1.54) is 0 Å². The summed E-state index contributed by atoms with van der Waals surface area (Å²) in [6.07, 6.45) is 3.86. The molecule has 0 spiro atoms. The first-order valence-corrected chi connectivity index (χ1v) is 8.61. The van der Waals surface area contributed by atoms with Crippen LogP contribution >= 0.6 is 24.0 Å². The normalized spacial score (nSPS) is 18.1. The largest absolute Gasteiger partial charge is 0.392 e. The summed E-state index contributed by atoms with van der Waals surface area (Å²) >= 11 is 6.93. The number of nitrogens with zero attached hydrogens (tertiary/aromatic N) is 1. The van der Waals surface area contributed by atoms with Crippen LogP contribution in [-0.2, 0) is 4.79 Å². The predicted octanol–water partition coefficient (Wildman–Crippen LogP) is 2.11. The van der Waals surface area contributed by atoms with Crippen LogP contribution in [-0.4, -0.2) is 46.4 Å². The van der Waals surface area contributed by atoms with Gasteiger partial charge in [0.2, 0.25) is 5.91 Å². The van der Waals surface area contributed by atoms with E-state index >= 15 is 0 Å². The van der Waals surface area contributed by atoms with E-state index in [0.717, 1.165) is 31.6 Å². The molecule has 3 N–H and O–H groups in total. The number of hydrogen-bond acceptors (Lipinski definition) is 4. The summed E-state index contributed by atoms with van der Waals surface area (Å²) in [7, 11) is 0. The first kappa shape index (κ1) is 16.3. The molecule has 0 radical (unpaired) electrons. The molecule has 4 nitrogen and oxygen atoms in total. The maximum Gasteiger partial charge on any atom is 0.238 e. The van der Waals surface area contributed by atoms with E-state index in [1.807, 2.05) is 30.3 Å². The van der Waals surface area contributed by atoms with Crippen LogP contribution in [0.2, 0.25) is 0 Å². The van der Waals surface area contributed by atoms with Crippen molar-refractivity contribution in [2.75, 3.05) is 31.2 Å². The monoisotopic (exact) mass is 323 g/mol. The Kier molecular flexibility index (Phi) is 5.61. The second kappa shape index (κ2) is 7.24. The minimum Gasteiger partial charge on any atom is -0.392 e. The van der Waals surface area contributed by atoms with E-state index in [1.54, 1.807) is 11.8 Å². The van der Waals surface area contributed by atoms with Gasteiger partial charge in [0.1, 0.15) is 0 Å². The number of thiocarbonyl (C=S) groups is 1. The van der Waals surface area contributed by atoms with Crippen molar-refractivity contribution in [2.24, 2.45) is 5.73 Å². The Labute approximate surface area is 135 Å². The zero-order valence-electron chi connectivity index (χ0n) is 12.2. The molecule has 1 fully saturated rings. The van der Waals surface area contributed by atoms with Crippen molar-refractivity contribution in [2.45, 2.75) is 17.6 Å². The Hall–Kier alpha value is -1.11. The van der Waals surface area contributed by atoms with E-state index in [9.17, 15) is 4.79 Å². The first-order valence-electron chi connectivity index (χ1n) is 6.98. The van der Waals surface area contributed by atoms with Crippen molar-refractivity contribution < 1.29 is 4.79 Å². The van der Waals surface area contributed by atoms with Crippen LogP contribution in [0.5, 0.6) is 0 Å². The molecule has 1 saturated heterocycles. The third kappa shape index (κ3) is 4.18. The lowest BCUT2D eigenvalue weighted by Gasteiger charge is -2.39. The SMILES string of the molecule is CSC1(C(N)=S)CCN(CC(=O)Nc2ccccc2)CC1. The second-order valence-electron chi connectivity index (χ2n) is 5.25. The van der Waals surface area contributed by atoms with Crippen LogP contribution in [0.25, 0.3) is 0 Å². The standard InChI is InChI=1S/C15H21N3OS2/c1-21-15(14(16)20)7-9-18(10-8-15)11-13(19)17-12-5-3-2-4-6-12/h2-6H,7-11H2,1H3,(H2,16,20)(H,17,19). The molecule has 1 amide bonds. The topological polar surface area (TPSA) is 58.4 Å². The van der Waals surface area contributed by atoms with Crippen molar-refractivity contribution in [1.29, 1.82) is 0 Å². The van der Waals surface area contributed by atoms with E-state index in [-0.39, 0.29) is 10.7 Å². The van der Waals surface area contributed by atoms with E-state index in [4.69, 9.17) is 18.0 Å². The van der Waals surface area contributed by atoms with Gasteiger partial charge >= 0.3 is 0 Å². The zero-order valence-corrected chi connectivity index (χ0v) is 13.8. The van der Waals surface area contributed by atoms with Gasteiger partial charge in [0.05, 0.1) is 16.3 Å². The summed E-state index contributed by atoms with van der Waals surface area (Å²) in [5.74, 6) is 0.0215. The van der Waals surface area contributed by atoms with Crippen LogP contribution in [0, 0.1) is 0 Å². The molecule has 1 heterocycles. The Balaban J connectivity index is 1.83. The van der Waals surface area contributed by atoms with Gasteiger partial charge in [0.25, 0.3) is 0 Å². The lowest BCUT2D eigenvalue weighted by molar-refractivity contribution is -0.117. The molecule has 6 heteroatoms. The Morgan fingerprint density at radius 3 is 2.52 bits per heavy atom. The summed E-state index contributed by atoms with van der Waals surface area (Å²) in [5, 5.41) is 2.91. The highest BCUT2D eigenvalue weighted by molar-refractivity contribution is 8.02. The number of amides is 1. The summed E-state index contributed by atoms with van der Waals surface area (Å²) in [6, 6.07) is 9.52. The highest BCUT2D eigenvalue weighted by Gasteiger charge is 2.36. The molecule has 0 unspecified atom stereocenters. The molecule has 1 aliphatic heterocycles. The number of anilines is 1. The fourth-order valence-corrected chi connectivity index (χ4v) is 3.79. The average molecular weight is 323 g/mol. The Morgan fingerprint density at radius 2 is 2.00 bits per heavy atom. The molecular formula is C15H21N3OS2. The van der Waals surface area contributed by atoms with Crippen LogP contribution in [0.15, 0.2) is 30.3 Å². The highest BCUT2D eigenvalue weighted by Crippen LogP contribution is 2.34. The predicted molar refractivity (Wildman–Crippen MR) is 93.8 cm³/mol. The second-order valence-corrected chi connectivity index (χ2v) is 6.88. The van der Waals surface area contributed by atoms with E-state index in [0.29, 0.717) is 11.5 Å². The summed E-state index contributed by atoms with van der Waals surface area (Å²) in [5.41, 5.74) is 6.71. The Morgan fingerprint density at radius 1 is 1.38 bits per heavy atom. The van der Waals surface area contributed by atoms with Crippen LogP contribution in [0.3, 0.4) is 0 Å². The number of para-hydroxylation sites is 1. The number of benzene rings is 1. The maximum atomic E-state index is 12.0. The van der Waals surface area contributed by atoms with Gasteiger partial charge in [-0.2, -0.15) is 11.8 Å². The van der Waals surface area contributed by atoms with Gasteiger partial charge in [0.15, 0.2) is 0 Å². The number of rotatable bonds is 5. The van der Waals surface area contributed by atoms with Gasteiger partial charge in [0, 0.05) is 18.8 Å². The number of nitrogens with two attached hydrogens (primary N) is 1. The fourth-order valence-electron chi connectivity index (χ4n) is 2.55. The number of piperidine rings is 1. The van der Waals surface area contributed by atoms with Crippen LogP contribution in [0.1, 0.15) is 12.8 Å². The van der Waals surface area contributed by atoms with E-state index in [2.05, 4.69) is 16.5 Å². The minimum absolute atomic E-state index is 0.0215. The number of nitrogens with one attached hydrogen (secondary N) is 1. The van der Waals surface area contributed by atoms with E-state index < -0.39 is 0 Å². The number of hydrogen-bond donors (Lipinski definition) is 2. The number of likely N-dealkylation sites (tertiary alicyclic amines) is 1. The Bertz CT molecular complexity index is 499. The van der Waals surface area contributed by atoms with Crippen LogP contribution in [0.4, 0.5) is 5.69 Å². The molecular weight excluding hydrogens is 302 g/mol. The third-order valence-corrected chi connectivity index (χ3v) is 5.86. The number of carbonyl (C=O) groups excluding carboxylic acids is 1. The number of carbonyl (C=O) groups is 1. The lowest BCUT2D eigenvalue weighted by atomic mass is 9.95. The maximum absolute atomic E-state index is 12.0. The molecule has 114 valence electrons. The molecule has 1 aromatic rings. The smallest absolute Gasteiger partial charge is 0.238 e. The van der Waals surface area contributed by atoms with Gasteiger partial charge in [-0.25, -0.2) is 0 Å². The molecule has 0 saturated carbocycles. The summed E-state index contributed by atoms with van der Waals surface area (Å²) in [4.78, 5) is 14.8. The van der Waals surface area contributed by atoms with Gasteiger partial charge in [-0.3, -0.25) is 9.69 Å². The molecule has 2 rings (SSSR count). The van der Waals surface area contributed by atoms with Crippen LogP contribution < -0.4 is 11.1 Å². The van der Waals surface area contributed by atoms with Crippen molar-refractivity contribution in [3.63, 3.8) is 0 Å². The quantitative estimate of drug-likeness (QED) is 0.813. The molecule has 0 aliphatic carbocycles. The molecule has 0 aromatic heterocycles. The number of thioether (sulfide) groups is 1. The van der Waals surface area contributed by atoms with Gasteiger partial charge in [-0.1, -0.05) is 30.4 Å². The van der Waals surface area contributed by atoms with Crippen molar-refractivity contribution in [3.05, 3.63) is 30.3 Å². The van der Waals surface area contributed by atoms with Gasteiger partial charge in [-0.05, 0) is 31.2 Å². The summed E-state index contributed by atoms with van der Waals surface area (Å²) < 4.78 is -0.0955. The molecule has 0 atom stereocenters. The minimum atomic E-state index is -0.0955. The van der Waals surface area contributed by atoms with Crippen molar-refractivity contribution in [1.82, 2.24) is 4.90 Å². The van der Waals surface area contributed by atoms with Crippen molar-refractivity contribution in [3.8, 4) is 0 Å². The molecule has 1 aromatic carbocycles. The highest BCUT2D eigenvalue weighted by atomic mass is 32.2. The zero-order chi connectivity index (χ0) is 15.3. The fraction of sp³-hybridized carbons (Fsp3) is 0.467.